The van der Waals surface area contributed by atoms with Crippen molar-refractivity contribution < 1.29 is 0 Å². The number of aromatic nitrogens is 1. The van der Waals surface area contributed by atoms with Crippen LogP contribution in [0.3, 0.4) is 0 Å². The Kier molecular flexibility index (Phi) is 3.59. The monoisotopic (exact) mass is 217 g/mol. The molecule has 0 fully saturated rings. The summed E-state index contributed by atoms with van der Waals surface area (Å²) in [5, 5.41) is 4.67. The maximum atomic E-state index is 5.44. The third-order valence-corrected chi connectivity index (χ3v) is 2.71. The van der Waals surface area contributed by atoms with Gasteiger partial charge in [-0.1, -0.05) is 6.07 Å². The molecule has 0 atom stereocenters. The van der Waals surface area contributed by atoms with E-state index >= 15 is 0 Å². The van der Waals surface area contributed by atoms with Crippen molar-refractivity contribution in [2.75, 3.05) is 13.1 Å². The fraction of sp³-hybridized carbons (Fsp3) is 0.385. The number of fused-ring (bicyclic) bond motifs is 1. The molecule has 4 N–H and O–H groups in total. The SMILES string of the molecule is Cc1cc2cc(CNCCCN)ccc2[nH]1. The second kappa shape index (κ2) is 5.14. The first-order valence-electron chi connectivity index (χ1n) is 5.78. The highest BCUT2D eigenvalue weighted by Gasteiger charge is 1.99. The molecule has 0 bridgehead atoms. The zero-order valence-electron chi connectivity index (χ0n) is 9.72. The molecule has 3 heteroatoms. The van der Waals surface area contributed by atoms with E-state index in [1.54, 1.807) is 0 Å². The smallest absolute Gasteiger partial charge is 0.0456 e. The van der Waals surface area contributed by atoms with Gasteiger partial charge in [-0.05, 0) is 55.6 Å². The largest absolute Gasteiger partial charge is 0.359 e. The van der Waals surface area contributed by atoms with Crippen LogP contribution in [0.1, 0.15) is 17.7 Å². The molecular weight excluding hydrogens is 198 g/mol. The predicted octanol–water partition coefficient (Wildman–Crippen LogP) is 1.91. The average molecular weight is 217 g/mol. The van der Waals surface area contributed by atoms with Gasteiger partial charge in [-0.25, -0.2) is 0 Å². The number of H-pyrrole nitrogens is 1. The summed E-state index contributed by atoms with van der Waals surface area (Å²) in [6.07, 6.45) is 1.03. The molecule has 2 aromatic rings. The van der Waals surface area contributed by atoms with Crippen LogP contribution in [-0.4, -0.2) is 18.1 Å². The highest BCUT2D eigenvalue weighted by atomic mass is 14.8. The number of nitrogens with two attached hydrogens (primary N) is 1. The Balaban J connectivity index is 2.02. The zero-order chi connectivity index (χ0) is 11.4. The number of aryl methyl sites for hydroxylation is 1. The summed E-state index contributed by atoms with van der Waals surface area (Å²) in [5.41, 5.74) is 9.19. The molecule has 0 amide bonds. The number of benzene rings is 1. The molecule has 0 saturated heterocycles. The fourth-order valence-electron chi connectivity index (χ4n) is 1.90. The van der Waals surface area contributed by atoms with Crippen LogP contribution in [0, 0.1) is 6.92 Å². The molecule has 0 aliphatic carbocycles. The van der Waals surface area contributed by atoms with E-state index in [2.05, 4.69) is 41.5 Å². The number of nitrogens with one attached hydrogen (secondary N) is 2. The number of rotatable bonds is 5. The average Bonchev–Trinajstić information content (AvgIpc) is 2.64. The second-order valence-corrected chi connectivity index (χ2v) is 4.19. The summed E-state index contributed by atoms with van der Waals surface area (Å²) in [6.45, 7) is 4.74. The van der Waals surface area contributed by atoms with Crippen LogP contribution in [-0.2, 0) is 6.54 Å². The van der Waals surface area contributed by atoms with Gasteiger partial charge in [0.15, 0.2) is 0 Å². The van der Waals surface area contributed by atoms with Gasteiger partial charge in [0.1, 0.15) is 0 Å². The summed E-state index contributed by atoms with van der Waals surface area (Å²) < 4.78 is 0. The molecule has 1 aromatic carbocycles. The van der Waals surface area contributed by atoms with E-state index < -0.39 is 0 Å². The topological polar surface area (TPSA) is 53.8 Å². The molecule has 0 spiro atoms. The van der Waals surface area contributed by atoms with Crippen LogP contribution < -0.4 is 11.1 Å². The van der Waals surface area contributed by atoms with Gasteiger partial charge >= 0.3 is 0 Å². The van der Waals surface area contributed by atoms with Crippen molar-refractivity contribution in [3.8, 4) is 0 Å². The maximum Gasteiger partial charge on any atom is 0.0456 e. The molecule has 16 heavy (non-hydrogen) atoms. The van der Waals surface area contributed by atoms with E-state index in [0.29, 0.717) is 0 Å². The summed E-state index contributed by atoms with van der Waals surface area (Å²) in [4.78, 5) is 3.33. The number of hydrogen-bond acceptors (Lipinski definition) is 2. The molecule has 2 rings (SSSR count). The Morgan fingerprint density at radius 2 is 2.19 bits per heavy atom. The Morgan fingerprint density at radius 1 is 1.31 bits per heavy atom. The van der Waals surface area contributed by atoms with E-state index in [1.165, 1.54) is 22.2 Å². The van der Waals surface area contributed by atoms with Crippen molar-refractivity contribution in [3.63, 3.8) is 0 Å². The summed E-state index contributed by atoms with van der Waals surface area (Å²) in [5.74, 6) is 0. The molecule has 0 saturated carbocycles. The lowest BCUT2D eigenvalue weighted by Gasteiger charge is -2.03. The third kappa shape index (κ3) is 2.62. The van der Waals surface area contributed by atoms with E-state index in [-0.39, 0.29) is 0 Å². The van der Waals surface area contributed by atoms with Crippen molar-refractivity contribution in [3.05, 3.63) is 35.5 Å². The van der Waals surface area contributed by atoms with Gasteiger partial charge in [-0.2, -0.15) is 0 Å². The molecule has 3 nitrogen and oxygen atoms in total. The Bertz CT molecular complexity index is 459. The first kappa shape index (κ1) is 11.2. The van der Waals surface area contributed by atoms with E-state index in [1.807, 2.05) is 0 Å². The lowest BCUT2D eigenvalue weighted by Crippen LogP contribution is -2.17. The fourth-order valence-corrected chi connectivity index (χ4v) is 1.90. The Labute approximate surface area is 96.0 Å². The maximum absolute atomic E-state index is 5.44. The van der Waals surface area contributed by atoms with Crippen molar-refractivity contribution in [1.29, 1.82) is 0 Å². The van der Waals surface area contributed by atoms with Gasteiger partial charge in [0.2, 0.25) is 0 Å². The standard InChI is InChI=1S/C13H19N3/c1-10-7-12-8-11(3-4-13(12)16-10)9-15-6-2-5-14/h3-4,7-8,15-16H,2,5-6,9,14H2,1H3. The minimum Gasteiger partial charge on any atom is -0.359 e. The highest BCUT2D eigenvalue weighted by Crippen LogP contribution is 2.16. The highest BCUT2D eigenvalue weighted by molar-refractivity contribution is 5.81. The van der Waals surface area contributed by atoms with Crippen molar-refractivity contribution >= 4 is 10.9 Å². The van der Waals surface area contributed by atoms with Crippen LogP contribution in [0.25, 0.3) is 10.9 Å². The van der Waals surface area contributed by atoms with Crippen molar-refractivity contribution in [2.45, 2.75) is 19.9 Å². The van der Waals surface area contributed by atoms with Gasteiger partial charge < -0.3 is 16.0 Å². The molecular formula is C13H19N3. The van der Waals surface area contributed by atoms with Crippen LogP contribution in [0.5, 0.6) is 0 Å². The predicted molar refractivity (Wildman–Crippen MR) is 68.4 cm³/mol. The first-order chi connectivity index (χ1) is 7.79. The first-order valence-corrected chi connectivity index (χ1v) is 5.78. The summed E-state index contributed by atoms with van der Waals surface area (Å²) in [6, 6.07) is 8.71. The van der Waals surface area contributed by atoms with Crippen LogP contribution >= 0.6 is 0 Å². The third-order valence-electron chi connectivity index (χ3n) is 2.71. The molecule has 86 valence electrons. The normalized spacial score (nSPS) is 11.1. The van der Waals surface area contributed by atoms with E-state index in [0.717, 1.165) is 26.1 Å². The minimum atomic E-state index is 0.753. The minimum absolute atomic E-state index is 0.753. The van der Waals surface area contributed by atoms with Gasteiger partial charge in [0.05, 0.1) is 0 Å². The molecule has 0 aliphatic rings. The van der Waals surface area contributed by atoms with E-state index in [9.17, 15) is 0 Å². The summed E-state index contributed by atoms with van der Waals surface area (Å²) >= 11 is 0. The molecule has 0 aliphatic heterocycles. The lowest BCUT2D eigenvalue weighted by atomic mass is 10.1. The molecule has 1 aromatic heterocycles. The quantitative estimate of drug-likeness (QED) is 0.670. The van der Waals surface area contributed by atoms with Crippen LogP contribution in [0.4, 0.5) is 0 Å². The van der Waals surface area contributed by atoms with E-state index in [4.69, 9.17) is 5.73 Å². The van der Waals surface area contributed by atoms with Gasteiger partial charge in [-0.3, -0.25) is 0 Å². The van der Waals surface area contributed by atoms with Gasteiger partial charge in [0, 0.05) is 17.8 Å². The number of aromatic amines is 1. The van der Waals surface area contributed by atoms with Gasteiger partial charge in [0.25, 0.3) is 0 Å². The second-order valence-electron chi connectivity index (χ2n) is 4.19. The zero-order valence-corrected chi connectivity index (χ0v) is 9.72. The molecule has 0 radical (unpaired) electrons. The van der Waals surface area contributed by atoms with Crippen molar-refractivity contribution in [2.24, 2.45) is 5.73 Å². The number of hydrogen-bond donors (Lipinski definition) is 3. The van der Waals surface area contributed by atoms with Gasteiger partial charge in [-0.15, -0.1) is 0 Å². The molecule has 1 heterocycles. The van der Waals surface area contributed by atoms with Crippen LogP contribution in [0.15, 0.2) is 24.3 Å². The lowest BCUT2D eigenvalue weighted by molar-refractivity contribution is 0.656. The van der Waals surface area contributed by atoms with Crippen molar-refractivity contribution in [1.82, 2.24) is 10.3 Å². The molecule has 0 unspecified atom stereocenters. The summed E-state index contributed by atoms with van der Waals surface area (Å²) in [7, 11) is 0. The Morgan fingerprint density at radius 3 is 3.00 bits per heavy atom. The Hall–Kier alpha value is -1.32. The van der Waals surface area contributed by atoms with Crippen LogP contribution in [0.2, 0.25) is 0 Å².